The van der Waals surface area contributed by atoms with E-state index in [1.807, 2.05) is 25.1 Å². The maximum atomic E-state index is 12.4. The van der Waals surface area contributed by atoms with E-state index in [1.165, 1.54) is 12.1 Å². The van der Waals surface area contributed by atoms with Gasteiger partial charge >= 0.3 is 0 Å². The maximum absolute atomic E-state index is 12.4. The molecule has 0 fully saturated rings. The van der Waals surface area contributed by atoms with Crippen LogP contribution >= 0.6 is 0 Å². The molecular weight excluding hydrogens is 268 g/mol. The van der Waals surface area contributed by atoms with Crippen molar-refractivity contribution in [3.8, 4) is 0 Å². The predicted octanol–water partition coefficient (Wildman–Crippen LogP) is 2.15. The van der Waals surface area contributed by atoms with E-state index in [1.54, 1.807) is 0 Å². The Morgan fingerprint density at radius 1 is 1.29 bits per heavy atom. The van der Waals surface area contributed by atoms with Gasteiger partial charge in [0.2, 0.25) is 0 Å². The number of hydrogen-bond acceptors (Lipinski definition) is 4. The molecule has 1 aromatic carbocycles. The van der Waals surface area contributed by atoms with Gasteiger partial charge in [-0.25, -0.2) is 5.10 Å². The molecule has 0 spiro atoms. The Balaban J connectivity index is 2.22. The van der Waals surface area contributed by atoms with Crippen LogP contribution in [0.15, 0.2) is 35.1 Å². The molecule has 21 heavy (non-hydrogen) atoms. The summed E-state index contributed by atoms with van der Waals surface area (Å²) >= 11 is 0. The van der Waals surface area contributed by atoms with Crippen molar-refractivity contribution in [2.24, 2.45) is 0 Å². The number of H-pyrrole nitrogens is 1. The summed E-state index contributed by atoms with van der Waals surface area (Å²) in [7, 11) is 0. The van der Waals surface area contributed by atoms with Crippen LogP contribution < -0.4 is 16.2 Å². The minimum Gasteiger partial charge on any atom is -0.384 e. The van der Waals surface area contributed by atoms with E-state index in [0.717, 1.165) is 24.2 Å². The fourth-order valence-electron chi connectivity index (χ4n) is 1.86. The number of aromatic nitrogens is 2. The van der Waals surface area contributed by atoms with Crippen LogP contribution in [0.5, 0.6) is 0 Å². The van der Waals surface area contributed by atoms with Gasteiger partial charge in [0.05, 0.1) is 5.56 Å². The van der Waals surface area contributed by atoms with E-state index in [4.69, 9.17) is 0 Å². The van der Waals surface area contributed by atoms with E-state index in [-0.39, 0.29) is 11.5 Å². The molecule has 2 rings (SSSR count). The second-order valence-electron chi connectivity index (χ2n) is 4.74. The average Bonchev–Trinajstić information content (AvgIpc) is 2.48. The number of hydrogen-bond donors (Lipinski definition) is 3. The zero-order valence-electron chi connectivity index (χ0n) is 12.1. The number of nitrogens with one attached hydrogen (secondary N) is 3. The Morgan fingerprint density at radius 2 is 2.10 bits per heavy atom. The van der Waals surface area contributed by atoms with Gasteiger partial charge in [-0.2, -0.15) is 5.10 Å². The Bertz CT molecular complexity index is 674. The van der Waals surface area contributed by atoms with E-state index in [9.17, 15) is 9.59 Å². The first-order valence-electron chi connectivity index (χ1n) is 6.81. The minimum absolute atomic E-state index is 0.267. The summed E-state index contributed by atoms with van der Waals surface area (Å²) in [4.78, 5) is 23.3. The lowest BCUT2D eigenvalue weighted by Gasteiger charge is -2.12. The molecule has 0 bridgehead atoms. The first kappa shape index (κ1) is 14.8. The molecule has 6 nitrogen and oxygen atoms in total. The molecule has 0 radical (unpaired) electrons. The van der Waals surface area contributed by atoms with Crippen LogP contribution in [0.1, 0.15) is 29.3 Å². The van der Waals surface area contributed by atoms with Gasteiger partial charge in [-0.05, 0) is 31.5 Å². The quantitative estimate of drug-likeness (QED) is 0.786. The molecule has 1 amide bonds. The SMILES string of the molecule is CCCNc1ccc(C)cc1C(=O)Nc1ccc(=O)[nH]n1. The van der Waals surface area contributed by atoms with Crippen LogP contribution in [0.4, 0.5) is 11.5 Å². The lowest BCUT2D eigenvalue weighted by atomic mass is 10.1. The number of amides is 1. The predicted molar refractivity (Wildman–Crippen MR) is 82.8 cm³/mol. The molecule has 0 aliphatic carbocycles. The van der Waals surface area contributed by atoms with Gasteiger partial charge in [0.1, 0.15) is 0 Å². The van der Waals surface area contributed by atoms with E-state index in [0.29, 0.717) is 11.4 Å². The number of nitrogens with zero attached hydrogens (tertiary/aromatic N) is 1. The van der Waals surface area contributed by atoms with Gasteiger partial charge in [0.15, 0.2) is 5.82 Å². The lowest BCUT2D eigenvalue weighted by molar-refractivity contribution is 0.102. The molecule has 1 heterocycles. The summed E-state index contributed by atoms with van der Waals surface area (Å²) in [6.07, 6.45) is 0.969. The Morgan fingerprint density at radius 3 is 2.76 bits per heavy atom. The topological polar surface area (TPSA) is 86.9 Å². The number of aromatic amines is 1. The fraction of sp³-hybridized carbons (Fsp3) is 0.267. The first-order chi connectivity index (χ1) is 10.1. The third-order valence-corrected chi connectivity index (χ3v) is 2.91. The second kappa shape index (κ2) is 6.69. The molecule has 2 aromatic rings. The minimum atomic E-state index is -0.311. The van der Waals surface area contributed by atoms with E-state index in [2.05, 4.69) is 27.8 Å². The van der Waals surface area contributed by atoms with Crippen molar-refractivity contribution in [2.45, 2.75) is 20.3 Å². The van der Waals surface area contributed by atoms with Crippen LogP contribution in [0, 0.1) is 6.92 Å². The maximum Gasteiger partial charge on any atom is 0.264 e. The van der Waals surface area contributed by atoms with Crippen LogP contribution in [0.2, 0.25) is 0 Å². The zero-order valence-corrected chi connectivity index (χ0v) is 12.1. The molecule has 0 unspecified atom stereocenters. The standard InChI is InChI=1S/C15H18N4O2/c1-3-8-16-12-5-4-10(2)9-11(12)15(21)17-13-6-7-14(20)19-18-13/h4-7,9,16H,3,8H2,1-2H3,(H,19,20)(H,17,18,21). The highest BCUT2D eigenvalue weighted by molar-refractivity contribution is 6.07. The molecule has 3 N–H and O–H groups in total. The van der Waals surface area contributed by atoms with Crippen molar-refractivity contribution in [3.63, 3.8) is 0 Å². The summed E-state index contributed by atoms with van der Waals surface area (Å²) in [5, 5.41) is 11.9. The monoisotopic (exact) mass is 286 g/mol. The highest BCUT2D eigenvalue weighted by Crippen LogP contribution is 2.18. The van der Waals surface area contributed by atoms with Crippen LogP contribution in [0.25, 0.3) is 0 Å². The number of rotatable bonds is 5. The first-order valence-corrected chi connectivity index (χ1v) is 6.81. The van der Waals surface area contributed by atoms with Crippen molar-refractivity contribution < 1.29 is 4.79 Å². The highest BCUT2D eigenvalue weighted by Gasteiger charge is 2.12. The zero-order chi connectivity index (χ0) is 15.2. The molecule has 0 saturated carbocycles. The smallest absolute Gasteiger partial charge is 0.264 e. The normalized spacial score (nSPS) is 10.2. The average molecular weight is 286 g/mol. The number of aryl methyl sites for hydroxylation is 1. The van der Waals surface area contributed by atoms with Gasteiger partial charge in [-0.3, -0.25) is 9.59 Å². The highest BCUT2D eigenvalue weighted by atomic mass is 16.2. The molecular formula is C15H18N4O2. The molecule has 0 atom stereocenters. The van der Waals surface area contributed by atoms with Crippen LogP contribution in [-0.4, -0.2) is 22.6 Å². The second-order valence-corrected chi connectivity index (χ2v) is 4.74. The summed E-state index contributed by atoms with van der Waals surface area (Å²) in [6.45, 7) is 4.78. The third kappa shape index (κ3) is 3.92. The summed E-state index contributed by atoms with van der Waals surface area (Å²) in [5.74, 6) is 0.0411. The molecule has 0 saturated heterocycles. The van der Waals surface area contributed by atoms with Gasteiger partial charge in [0.25, 0.3) is 11.5 Å². The van der Waals surface area contributed by atoms with Crippen LogP contribution in [0.3, 0.4) is 0 Å². The number of carbonyl (C=O) groups is 1. The molecule has 110 valence electrons. The summed E-state index contributed by atoms with van der Waals surface area (Å²) in [6, 6.07) is 8.44. The van der Waals surface area contributed by atoms with Crippen molar-refractivity contribution in [1.29, 1.82) is 0 Å². The van der Waals surface area contributed by atoms with Gasteiger partial charge in [-0.15, -0.1) is 0 Å². The van der Waals surface area contributed by atoms with Crippen molar-refractivity contribution in [2.75, 3.05) is 17.2 Å². The third-order valence-electron chi connectivity index (χ3n) is 2.91. The fourth-order valence-corrected chi connectivity index (χ4v) is 1.86. The van der Waals surface area contributed by atoms with E-state index >= 15 is 0 Å². The Labute approximate surface area is 122 Å². The van der Waals surface area contributed by atoms with Crippen molar-refractivity contribution >= 4 is 17.4 Å². The van der Waals surface area contributed by atoms with Gasteiger partial charge < -0.3 is 10.6 Å². The Kier molecular flexibility index (Phi) is 4.71. The van der Waals surface area contributed by atoms with Gasteiger partial charge in [0, 0.05) is 18.3 Å². The van der Waals surface area contributed by atoms with Gasteiger partial charge in [-0.1, -0.05) is 18.6 Å². The molecule has 0 aliphatic heterocycles. The number of anilines is 2. The van der Waals surface area contributed by atoms with Crippen LogP contribution in [-0.2, 0) is 0 Å². The lowest BCUT2D eigenvalue weighted by Crippen LogP contribution is -2.17. The summed E-state index contributed by atoms with van der Waals surface area (Å²) < 4.78 is 0. The van der Waals surface area contributed by atoms with E-state index < -0.39 is 0 Å². The largest absolute Gasteiger partial charge is 0.384 e. The Hall–Kier alpha value is -2.63. The molecule has 0 aliphatic rings. The molecule has 6 heteroatoms. The van der Waals surface area contributed by atoms with Crippen molar-refractivity contribution in [1.82, 2.24) is 10.2 Å². The summed E-state index contributed by atoms with van der Waals surface area (Å²) in [5.41, 5.74) is 2.02. The molecule has 1 aromatic heterocycles. The number of benzene rings is 1. The van der Waals surface area contributed by atoms with Crippen molar-refractivity contribution in [3.05, 3.63) is 51.8 Å². The number of carbonyl (C=O) groups excluding carboxylic acids is 1.